The smallest absolute Gasteiger partial charge is 0.327 e. The van der Waals surface area contributed by atoms with Crippen LogP contribution in [0.3, 0.4) is 0 Å². The van der Waals surface area contributed by atoms with Gasteiger partial charge in [-0.2, -0.15) is 0 Å². The number of amides is 2. The second kappa shape index (κ2) is 28.6. The highest BCUT2D eigenvalue weighted by Crippen LogP contribution is 2.07. The molecule has 0 spiro atoms. The summed E-state index contributed by atoms with van der Waals surface area (Å²) in [5.41, 5.74) is 0. The quantitative estimate of drug-likeness (QED) is 0.0843. The number of carbonyl (C=O) groups excluding carboxylic acids is 3. The Hall–Kier alpha value is -2.57. The first kappa shape index (κ1) is 47.8. The Morgan fingerprint density at radius 3 is 1.41 bits per heavy atom. The normalized spacial score (nSPS) is 12.4. The van der Waals surface area contributed by atoms with Crippen molar-refractivity contribution in [3.63, 3.8) is 0 Å². The first-order valence-electron chi connectivity index (χ1n) is 16.9. The fraction of sp³-hybridized carbons (Fsp3) is 0.853. The Balaban J connectivity index is -0.000000609. The maximum Gasteiger partial charge on any atom is 0.327 e. The number of hydrogen-bond acceptors (Lipinski definition) is 8. The lowest BCUT2D eigenvalue weighted by atomic mass is 10.0. The Morgan fingerprint density at radius 1 is 0.522 bits per heavy atom. The first-order chi connectivity index (χ1) is 21.2. The van der Waals surface area contributed by atoms with Crippen LogP contribution in [0.15, 0.2) is 0 Å². The Bertz CT molecular complexity index is 846. The molecule has 2 atom stereocenters. The highest BCUT2D eigenvalue weighted by Gasteiger charge is 2.20. The lowest BCUT2D eigenvalue weighted by Gasteiger charge is -2.17. The number of nitrogens with one attached hydrogen (secondary N) is 5. The molecular weight excluding hydrogens is 590 g/mol. The van der Waals surface area contributed by atoms with Gasteiger partial charge in [-0.05, 0) is 36.6 Å². The number of aliphatic carboxylic acids is 2. The van der Waals surface area contributed by atoms with Gasteiger partial charge in [0.05, 0.1) is 0 Å². The van der Waals surface area contributed by atoms with Gasteiger partial charge in [-0.25, -0.2) is 4.79 Å². The number of Topliss-reactive ketones (excluding diaryl/α,β-unsaturated/α-hetero) is 1. The third kappa shape index (κ3) is 35.9. The lowest BCUT2D eigenvalue weighted by molar-refractivity contribution is -0.142. The van der Waals surface area contributed by atoms with E-state index in [-0.39, 0.29) is 36.1 Å². The van der Waals surface area contributed by atoms with Crippen molar-refractivity contribution in [2.75, 3.05) is 26.2 Å². The van der Waals surface area contributed by atoms with Crippen molar-refractivity contribution in [3.05, 3.63) is 0 Å². The fourth-order valence-electron chi connectivity index (χ4n) is 3.74. The van der Waals surface area contributed by atoms with Crippen LogP contribution in [0, 0.1) is 23.7 Å². The summed E-state index contributed by atoms with van der Waals surface area (Å²) in [6.07, 6.45) is 2.25. The molecule has 7 N–H and O–H groups in total. The van der Waals surface area contributed by atoms with Crippen LogP contribution in [0.25, 0.3) is 0 Å². The average Bonchev–Trinajstić information content (AvgIpc) is 2.87. The fourth-order valence-corrected chi connectivity index (χ4v) is 3.74. The molecule has 46 heavy (non-hydrogen) atoms. The minimum absolute atomic E-state index is 0.151. The molecule has 12 heteroatoms. The van der Waals surface area contributed by atoms with Crippen LogP contribution in [0.2, 0.25) is 0 Å². The van der Waals surface area contributed by atoms with Crippen LogP contribution < -0.4 is 26.6 Å². The van der Waals surface area contributed by atoms with Crippen LogP contribution in [0.4, 0.5) is 0 Å². The molecule has 0 aliphatic carbocycles. The number of ketones is 1. The summed E-state index contributed by atoms with van der Waals surface area (Å²) < 4.78 is 0. The van der Waals surface area contributed by atoms with Crippen LogP contribution in [0.1, 0.15) is 115 Å². The molecule has 0 fully saturated rings. The van der Waals surface area contributed by atoms with E-state index in [2.05, 4.69) is 40.4 Å². The molecule has 0 rings (SSSR count). The van der Waals surface area contributed by atoms with Crippen LogP contribution in [-0.2, 0) is 24.0 Å². The summed E-state index contributed by atoms with van der Waals surface area (Å²) in [6.45, 7) is 26.5. The third-order valence-electron chi connectivity index (χ3n) is 5.97. The lowest BCUT2D eigenvalue weighted by Crippen LogP contribution is -2.48. The molecule has 0 aliphatic rings. The number of rotatable bonds is 22. The molecule has 0 aromatic rings. The number of carboxylic acid groups (broad SMARTS) is 2. The van der Waals surface area contributed by atoms with Crippen molar-refractivity contribution in [3.8, 4) is 0 Å². The van der Waals surface area contributed by atoms with Gasteiger partial charge in [-0.15, -0.1) is 0 Å². The Labute approximate surface area is 279 Å². The molecule has 0 aliphatic heterocycles. The van der Waals surface area contributed by atoms with E-state index in [1.165, 1.54) is 0 Å². The van der Waals surface area contributed by atoms with E-state index in [4.69, 9.17) is 10.2 Å². The van der Waals surface area contributed by atoms with E-state index in [0.717, 1.165) is 13.1 Å². The minimum atomic E-state index is -1.01. The van der Waals surface area contributed by atoms with Crippen molar-refractivity contribution >= 4 is 29.5 Å². The monoisotopic (exact) mass is 660 g/mol. The van der Waals surface area contributed by atoms with Gasteiger partial charge in [-0.3, -0.25) is 19.2 Å². The summed E-state index contributed by atoms with van der Waals surface area (Å²) in [5, 5.41) is 32.5. The van der Waals surface area contributed by atoms with Gasteiger partial charge < -0.3 is 36.8 Å². The molecule has 272 valence electrons. The van der Waals surface area contributed by atoms with Gasteiger partial charge in [0.2, 0.25) is 11.8 Å². The third-order valence-corrected chi connectivity index (χ3v) is 5.97. The maximum absolute atomic E-state index is 11.5. The summed E-state index contributed by atoms with van der Waals surface area (Å²) in [5.74, 6) is -0.373. The second-order valence-corrected chi connectivity index (χ2v) is 14.0. The van der Waals surface area contributed by atoms with Crippen molar-refractivity contribution in [1.82, 2.24) is 26.6 Å². The van der Waals surface area contributed by atoms with Crippen LogP contribution in [0.5, 0.6) is 0 Å². The van der Waals surface area contributed by atoms with Gasteiger partial charge in [0, 0.05) is 57.4 Å². The van der Waals surface area contributed by atoms with E-state index in [1.54, 1.807) is 0 Å². The van der Waals surface area contributed by atoms with Gasteiger partial charge in [0.1, 0.15) is 17.9 Å². The summed E-state index contributed by atoms with van der Waals surface area (Å²) >= 11 is 0. The molecule has 12 nitrogen and oxygen atoms in total. The van der Waals surface area contributed by atoms with Gasteiger partial charge in [0.25, 0.3) is 0 Å². The average molecular weight is 660 g/mol. The van der Waals surface area contributed by atoms with E-state index in [0.29, 0.717) is 62.4 Å². The van der Waals surface area contributed by atoms with Crippen molar-refractivity contribution < 1.29 is 34.2 Å². The highest BCUT2D eigenvalue weighted by molar-refractivity contribution is 5.83. The number of hydrogen-bond donors (Lipinski definition) is 7. The largest absolute Gasteiger partial charge is 0.480 e. The van der Waals surface area contributed by atoms with E-state index in [1.807, 2.05) is 69.2 Å². The number of carboxylic acids is 2. The molecule has 0 aromatic heterocycles. The minimum Gasteiger partial charge on any atom is -0.480 e. The SMILES string of the molecule is CC(C)CC(=O)NC(CNC(C)C)C(=O)O.CC(C)CC(=O)NCCNC(C)C.CC(C)CNC(CCC(=O)CC(C)C)C(=O)O. The summed E-state index contributed by atoms with van der Waals surface area (Å²) in [4.78, 5) is 55.9. The molecule has 0 saturated heterocycles. The molecule has 0 saturated carbocycles. The second-order valence-electron chi connectivity index (χ2n) is 14.0. The zero-order valence-corrected chi connectivity index (χ0v) is 30.9. The predicted molar refractivity (Wildman–Crippen MR) is 186 cm³/mol. The summed E-state index contributed by atoms with van der Waals surface area (Å²) in [6, 6.07) is -0.770. The first-order valence-corrected chi connectivity index (χ1v) is 16.9. The van der Waals surface area contributed by atoms with Crippen LogP contribution in [-0.4, -0.2) is 90.1 Å². The number of carbonyl (C=O) groups is 5. The highest BCUT2D eigenvalue weighted by atomic mass is 16.4. The van der Waals surface area contributed by atoms with Crippen molar-refractivity contribution in [1.29, 1.82) is 0 Å². The molecule has 2 amide bonds. The predicted octanol–water partition coefficient (Wildman–Crippen LogP) is 3.83. The van der Waals surface area contributed by atoms with Gasteiger partial charge in [0.15, 0.2) is 0 Å². The van der Waals surface area contributed by atoms with Gasteiger partial charge >= 0.3 is 11.9 Å². The molecule has 0 radical (unpaired) electrons. The molecule has 0 heterocycles. The standard InChI is InChI=1S/C13H25NO3.C11H22N2O3.C10H22N2O/c1-9(2)7-11(15)5-6-12(13(16)17)14-8-10(3)4;1-7(2)5-10(14)13-9(11(15)16)6-12-8(3)4;1-8(2)7-10(13)12-6-5-11-9(3)4/h9-10,12,14H,5-8H2,1-4H3,(H,16,17);7-9,12H,5-6H2,1-4H3,(H,13,14)(H,15,16);8-9,11H,5-7H2,1-4H3,(H,12,13). The Morgan fingerprint density at radius 2 is 1.00 bits per heavy atom. The molecular formula is C34H69N5O7. The van der Waals surface area contributed by atoms with Gasteiger partial charge in [-0.1, -0.05) is 83.1 Å². The van der Waals surface area contributed by atoms with E-state index < -0.39 is 24.0 Å². The maximum atomic E-state index is 11.5. The van der Waals surface area contributed by atoms with Crippen LogP contribution >= 0.6 is 0 Å². The molecule has 2 unspecified atom stereocenters. The van der Waals surface area contributed by atoms with Crippen molar-refractivity contribution in [2.24, 2.45) is 23.7 Å². The Kier molecular flexibility index (Phi) is 29.8. The van der Waals surface area contributed by atoms with E-state index in [9.17, 15) is 24.0 Å². The van der Waals surface area contributed by atoms with Crippen molar-refractivity contribution in [2.45, 2.75) is 139 Å². The summed E-state index contributed by atoms with van der Waals surface area (Å²) in [7, 11) is 0. The zero-order chi connectivity index (χ0) is 36.4. The van der Waals surface area contributed by atoms with E-state index >= 15 is 0 Å². The topological polar surface area (TPSA) is 186 Å². The molecule has 0 aromatic carbocycles. The zero-order valence-electron chi connectivity index (χ0n) is 30.9. The molecule has 0 bridgehead atoms.